The molecule has 4 rings (SSSR count). The lowest BCUT2D eigenvalue weighted by Crippen LogP contribution is -2.36. The van der Waals surface area contributed by atoms with Gasteiger partial charge in [-0.2, -0.15) is 0 Å². The van der Waals surface area contributed by atoms with E-state index in [9.17, 15) is 14.6 Å². The van der Waals surface area contributed by atoms with Crippen molar-refractivity contribution in [2.45, 2.75) is 20.1 Å². The zero-order chi connectivity index (χ0) is 21.8. The Morgan fingerprint density at radius 2 is 2.06 bits per heavy atom. The van der Waals surface area contributed by atoms with Gasteiger partial charge in [-0.1, -0.05) is 12.1 Å². The molecule has 1 aromatic heterocycles. The number of morpholine rings is 1. The van der Waals surface area contributed by atoms with E-state index in [0.717, 1.165) is 24.5 Å². The normalized spacial score (nSPS) is 15.5. The molecule has 162 valence electrons. The first-order valence-electron chi connectivity index (χ1n) is 10.2. The van der Waals surface area contributed by atoms with E-state index in [4.69, 9.17) is 14.1 Å². The number of fused-ring (bicyclic) bond motifs is 1. The first-order chi connectivity index (χ1) is 15.0. The van der Waals surface area contributed by atoms with Crippen molar-refractivity contribution in [2.24, 2.45) is 0 Å². The van der Waals surface area contributed by atoms with Crippen LogP contribution in [-0.2, 0) is 32.1 Å². The van der Waals surface area contributed by atoms with Crippen LogP contribution in [0.3, 0.4) is 0 Å². The Hall–Kier alpha value is -2.95. The molecule has 0 bridgehead atoms. The van der Waals surface area contributed by atoms with Gasteiger partial charge in [-0.25, -0.2) is 4.98 Å². The number of amides is 1. The molecule has 2 N–H and O–H groups in total. The lowest BCUT2D eigenvalue weighted by molar-refractivity contribution is -0.143. The number of nitrogens with zero attached hydrogens (tertiary/aromatic N) is 2. The maximum Gasteiger partial charge on any atom is 0.492 e. The zero-order valence-corrected chi connectivity index (χ0v) is 17.3. The van der Waals surface area contributed by atoms with Crippen molar-refractivity contribution in [3.05, 3.63) is 52.7 Å². The molecule has 10 heteroatoms. The second-order valence-electron chi connectivity index (χ2n) is 7.40. The summed E-state index contributed by atoms with van der Waals surface area (Å²) in [6.07, 6.45) is 0. The molecule has 1 fully saturated rings. The third-order valence-electron chi connectivity index (χ3n) is 5.39. The summed E-state index contributed by atoms with van der Waals surface area (Å²) in [5, 5.41) is 12.5. The number of nitrogens with one attached hydrogen (secondary N) is 1. The smallest absolute Gasteiger partial charge is 0.458 e. The third-order valence-corrected chi connectivity index (χ3v) is 5.39. The first-order valence-corrected chi connectivity index (χ1v) is 10.2. The largest absolute Gasteiger partial charge is 0.492 e. The van der Waals surface area contributed by atoms with Gasteiger partial charge in [-0.05, 0) is 41.7 Å². The van der Waals surface area contributed by atoms with E-state index < -0.39 is 19.0 Å². The Kier molecular flexibility index (Phi) is 6.50. The van der Waals surface area contributed by atoms with Crippen molar-refractivity contribution in [3.8, 4) is 0 Å². The van der Waals surface area contributed by atoms with E-state index in [2.05, 4.69) is 15.2 Å². The first kappa shape index (κ1) is 21.3. The Morgan fingerprint density at radius 1 is 1.26 bits per heavy atom. The average molecular weight is 425 g/mol. The highest BCUT2D eigenvalue weighted by Crippen LogP contribution is 2.16. The minimum absolute atomic E-state index is 0.0221. The molecule has 0 radical (unpaired) electrons. The van der Waals surface area contributed by atoms with Crippen molar-refractivity contribution in [2.75, 3.05) is 37.7 Å². The topological polar surface area (TPSA) is 110 Å². The van der Waals surface area contributed by atoms with Crippen LogP contribution in [0, 0.1) is 6.92 Å². The molecule has 0 spiro atoms. The Bertz CT molecular complexity index is 980. The fourth-order valence-corrected chi connectivity index (χ4v) is 3.72. The van der Waals surface area contributed by atoms with Crippen molar-refractivity contribution >= 4 is 30.3 Å². The Morgan fingerprint density at radius 3 is 2.87 bits per heavy atom. The predicted octanol–water partition coefficient (Wildman–Crippen LogP) is -0.0825. The van der Waals surface area contributed by atoms with E-state index in [-0.39, 0.29) is 13.2 Å². The van der Waals surface area contributed by atoms with Gasteiger partial charge in [0.1, 0.15) is 19.0 Å². The molecule has 0 unspecified atom stereocenters. The van der Waals surface area contributed by atoms with E-state index in [1.54, 1.807) is 25.1 Å². The summed E-state index contributed by atoms with van der Waals surface area (Å²) in [6.45, 7) is 4.68. The fourth-order valence-electron chi connectivity index (χ4n) is 3.72. The van der Waals surface area contributed by atoms with Crippen LogP contribution < -0.4 is 15.7 Å². The highest BCUT2D eigenvalue weighted by atomic mass is 16.5. The molecule has 1 amide bonds. The van der Waals surface area contributed by atoms with Gasteiger partial charge in [0.05, 0.1) is 25.5 Å². The molecule has 3 heterocycles. The number of hydrogen-bond acceptors (Lipinski definition) is 8. The molecular formula is C21H24BN3O6. The maximum atomic E-state index is 12.5. The summed E-state index contributed by atoms with van der Waals surface area (Å²) in [5.74, 6) is -0.152. The summed E-state index contributed by atoms with van der Waals surface area (Å²) >= 11 is 0. The number of esters is 1. The van der Waals surface area contributed by atoms with Crippen LogP contribution in [0.25, 0.3) is 0 Å². The predicted molar refractivity (Wildman–Crippen MR) is 113 cm³/mol. The Balaban J connectivity index is 1.29. The molecule has 0 atom stereocenters. The summed E-state index contributed by atoms with van der Waals surface area (Å²) in [5.41, 5.74) is 3.12. The molecule has 2 aliphatic heterocycles. The number of carbonyl (C=O) groups excluding carboxylic acids is 2. The van der Waals surface area contributed by atoms with Crippen LogP contribution >= 0.6 is 0 Å². The fraction of sp³-hybridized carbons (Fsp3) is 0.381. The lowest BCUT2D eigenvalue weighted by Gasteiger charge is -2.28. The van der Waals surface area contributed by atoms with Gasteiger partial charge in [0.25, 0.3) is 5.91 Å². The average Bonchev–Trinajstić information content (AvgIpc) is 3.18. The number of rotatable bonds is 6. The molecule has 0 saturated carbocycles. The van der Waals surface area contributed by atoms with Gasteiger partial charge in [0, 0.05) is 18.7 Å². The summed E-state index contributed by atoms with van der Waals surface area (Å²) in [6, 6.07) is 8.99. The summed E-state index contributed by atoms with van der Waals surface area (Å²) < 4.78 is 15.8. The van der Waals surface area contributed by atoms with E-state index in [1.165, 1.54) is 0 Å². The molecule has 1 aromatic carbocycles. The minimum atomic E-state index is -1.03. The number of ether oxygens (including phenoxy) is 2. The number of carbonyl (C=O) groups is 2. The van der Waals surface area contributed by atoms with Gasteiger partial charge in [-0.3, -0.25) is 9.59 Å². The Labute approximate surface area is 180 Å². The van der Waals surface area contributed by atoms with Crippen molar-refractivity contribution in [1.29, 1.82) is 0 Å². The van der Waals surface area contributed by atoms with E-state index >= 15 is 0 Å². The van der Waals surface area contributed by atoms with Gasteiger partial charge >= 0.3 is 13.1 Å². The van der Waals surface area contributed by atoms with Crippen molar-refractivity contribution in [1.82, 2.24) is 10.3 Å². The monoisotopic (exact) mass is 425 g/mol. The molecule has 1 saturated heterocycles. The number of hydrogen-bond donors (Lipinski definition) is 2. The summed E-state index contributed by atoms with van der Waals surface area (Å²) in [4.78, 5) is 31.3. The number of benzene rings is 1. The van der Waals surface area contributed by atoms with Crippen LogP contribution in [0.2, 0.25) is 0 Å². The second-order valence-corrected chi connectivity index (χ2v) is 7.40. The van der Waals surface area contributed by atoms with Crippen LogP contribution in [-0.4, -0.2) is 61.9 Å². The second kappa shape index (κ2) is 9.46. The lowest BCUT2D eigenvalue weighted by atomic mass is 9.75. The molecule has 31 heavy (non-hydrogen) atoms. The molecule has 9 nitrogen and oxygen atoms in total. The molecule has 2 aliphatic rings. The highest BCUT2D eigenvalue weighted by molar-refractivity contribution is 6.62. The minimum Gasteiger partial charge on any atom is -0.458 e. The van der Waals surface area contributed by atoms with Crippen LogP contribution in [0.5, 0.6) is 0 Å². The van der Waals surface area contributed by atoms with Gasteiger partial charge in [0.2, 0.25) is 0 Å². The van der Waals surface area contributed by atoms with Crippen LogP contribution in [0.4, 0.5) is 5.82 Å². The quantitative estimate of drug-likeness (QED) is 0.489. The molecule has 2 aromatic rings. The number of anilines is 1. The highest BCUT2D eigenvalue weighted by Gasteiger charge is 2.31. The number of pyridine rings is 1. The standard InChI is InChI=1S/C21H24BN3O6/c1-14-17(6-5-15-12-31-22(28)20(14)15)21(27)23-11-19(26)30-13-16-3-2-4-18(24-16)25-7-9-29-10-8-25/h2-6,28H,7-13H2,1H3,(H,23,27). The molecule has 0 aliphatic carbocycles. The summed E-state index contributed by atoms with van der Waals surface area (Å²) in [7, 11) is -1.03. The van der Waals surface area contributed by atoms with Gasteiger partial charge in [0.15, 0.2) is 0 Å². The van der Waals surface area contributed by atoms with Gasteiger partial charge in [-0.15, -0.1) is 0 Å². The number of aromatic nitrogens is 1. The molecular weight excluding hydrogens is 401 g/mol. The third kappa shape index (κ3) is 4.87. The van der Waals surface area contributed by atoms with E-state index in [0.29, 0.717) is 42.1 Å². The van der Waals surface area contributed by atoms with E-state index in [1.807, 2.05) is 12.1 Å². The maximum absolute atomic E-state index is 12.5. The van der Waals surface area contributed by atoms with Crippen LogP contribution in [0.1, 0.15) is 27.2 Å². The van der Waals surface area contributed by atoms with Gasteiger partial charge < -0.3 is 29.4 Å². The zero-order valence-electron chi connectivity index (χ0n) is 17.3. The van der Waals surface area contributed by atoms with Crippen LogP contribution in [0.15, 0.2) is 30.3 Å². The van der Waals surface area contributed by atoms with Crippen molar-refractivity contribution < 1.29 is 28.7 Å². The van der Waals surface area contributed by atoms with Crippen molar-refractivity contribution in [3.63, 3.8) is 0 Å². The SMILES string of the molecule is Cc1c(C(=O)NCC(=O)OCc2cccc(N3CCOCC3)n2)ccc2c1B(O)OC2.